The van der Waals surface area contributed by atoms with Crippen LogP contribution in [0.2, 0.25) is 5.02 Å². The van der Waals surface area contributed by atoms with Crippen LogP contribution in [-0.4, -0.2) is 30.7 Å². The van der Waals surface area contributed by atoms with Crippen LogP contribution in [0.3, 0.4) is 0 Å². The van der Waals surface area contributed by atoms with Crippen LogP contribution in [0.15, 0.2) is 6.20 Å². The summed E-state index contributed by atoms with van der Waals surface area (Å²) in [6.07, 6.45) is -0.103. The molecular weight excluding hydrogens is 307 g/mol. The van der Waals surface area contributed by atoms with Gasteiger partial charge < -0.3 is 0 Å². The van der Waals surface area contributed by atoms with Crippen LogP contribution in [-0.2, 0) is 20.0 Å². The highest BCUT2D eigenvalue weighted by Gasteiger charge is 2.32. The van der Waals surface area contributed by atoms with Crippen LogP contribution in [0.4, 0.5) is 13.2 Å². The molecule has 9 heteroatoms. The minimum Gasteiger partial charge on any atom is -0.274 e. The van der Waals surface area contributed by atoms with Crippen molar-refractivity contribution in [2.75, 3.05) is 0 Å². The molecule has 0 N–H and O–H groups in total. The SMILES string of the molecule is Cn1cc(Cl)c(-c2nc(CC3CC3)nn2CC(F)(F)F)n1. The van der Waals surface area contributed by atoms with E-state index < -0.39 is 12.7 Å². The third-order valence-corrected chi connectivity index (χ3v) is 3.49. The van der Waals surface area contributed by atoms with Gasteiger partial charge >= 0.3 is 6.18 Å². The number of hydrogen-bond acceptors (Lipinski definition) is 3. The van der Waals surface area contributed by atoms with Crippen molar-refractivity contribution >= 4 is 11.6 Å². The van der Waals surface area contributed by atoms with Crippen molar-refractivity contribution in [1.82, 2.24) is 24.5 Å². The Morgan fingerprint density at radius 2 is 2.05 bits per heavy atom. The highest BCUT2D eigenvalue weighted by Crippen LogP contribution is 2.33. The molecule has 5 nitrogen and oxygen atoms in total. The molecule has 114 valence electrons. The van der Waals surface area contributed by atoms with Gasteiger partial charge in [-0.1, -0.05) is 11.6 Å². The Bertz CT molecular complexity index is 656. The molecule has 2 aromatic heterocycles. The molecule has 0 spiro atoms. The lowest BCUT2D eigenvalue weighted by Crippen LogP contribution is -2.19. The molecule has 0 atom stereocenters. The van der Waals surface area contributed by atoms with Crippen molar-refractivity contribution in [3.8, 4) is 11.5 Å². The van der Waals surface area contributed by atoms with E-state index in [4.69, 9.17) is 11.6 Å². The first kappa shape index (κ1) is 14.4. The molecule has 2 heterocycles. The maximum absolute atomic E-state index is 12.7. The standard InChI is InChI=1S/C12H13ClF3N5/c1-20-5-8(13)10(19-20)11-17-9(4-7-2-3-7)18-21(11)6-12(14,15)16/h5,7H,2-4,6H2,1H3. The zero-order chi connectivity index (χ0) is 15.2. The zero-order valence-corrected chi connectivity index (χ0v) is 12.0. The lowest BCUT2D eigenvalue weighted by Gasteiger charge is -2.07. The van der Waals surface area contributed by atoms with Gasteiger partial charge in [0.25, 0.3) is 0 Å². The summed E-state index contributed by atoms with van der Waals surface area (Å²) in [5.41, 5.74) is 0.220. The molecule has 1 aliphatic rings. The number of rotatable bonds is 4. The first-order valence-corrected chi connectivity index (χ1v) is 6.89. The fourth-order valence-corrected chi connectivity index (χ4v) is 2.39. The van der Waals surface area contributed by atoms with Gasteiger partial charge in [0, 0.05) is 19.7 Å². The molecular formula is C12H13ClF3N5. The largest absolute Gasteiger partial charge is 0.408 e. The number of alkyl halides is 3. The van der Waals surface area contributed by atoms with Crippen LogP contribution in [0.1, 0.15) is 18.7 Å². The third-order valence-electron chi connectivity index (χ3n) is 3.21. The minimum absolute atomic E-state index is 0.0635. The quantitative estimate of drug-likeness (QED) is 0.870. The molecule has 21 heavy (non-hydrogen) atoms. The molecule has 0 saturated heterocycles. The lowest BCUT2D eigenvalue weighted by atomic mass is 10.3. The van der Waals surface area contributed by atoms with Crippen molar-refractivity contribution in [3.63, 3.8) is 0 Å². The van der Waals surface area contributed by atoms with Crippen LogP contribution in [0.5, 0.6) is 0 Å². The van der Waals surface area contributed by atoms with Crippen molar-refractivity contribution in [2.24, 2.45) is 13.0 Å². The topological polar surface area (TPSA) is 48.5 Å². The van der Waals surface area contributed by atoms with E-state index in [-0.39, 0.29) is 16.5 Å². The molecule has 0 aromatic carbocycles. The summed E-state index contributed by atoms with van der Waals surface area (Å²) >= 11 is 6.00. The molecule has 1 aliphatic carbocycles. The molecule has 0 unspecified atom stereocenters. The molecule has 2 aromatic rings. The lowest BCUT2D eigenvalue weighted by molar-refractivity contribution is -0.142. The van der Waals surface area contributed by atoms with Crippen LogP contribution >= 0.6 is 11.6 Å². The van der Waals surface area contributed by atoms with Gasteiger partial charge in [-0.2, -0.15) is 23.4 Å². The van der Waals surface area contributed by atoms with Crippen molar-refractivity contribution < 1.29 is 13.2 Å². The number of halogens is 4. The van der Waals surface area contributed by atoms with Crippen molar-refractivity contribution in [2.45, 2.75) is 32.0 Å². The number of hydrogen-bond donors (Lipinski definition) is 0. The first-order valence-electron chi connectivity index (χ1n) is 6.52. The van der Waals surface area contributed by atoms with E-state index in [0.717, 1.165) is 17.5 Å². The second-order valence-corrected chi connectivity index (χ2v) is 5.68. The summed E-state index contributed by atoms with van der Waals surface area (Å²) in [7, 11) is 1.64. The molecule has 0 amide bonds. The van der Waals surface area contributed by atoms with Crippen molar-refractivity contribution in [3.05, 3.63) is 17.0 Å². The Balaban J connectivity index is 1.99. The third kappa shape index (κ3) is 3.37. The number of aryl methyl sites for hydroxylation is 1. The summed E-state index contributed by atoms with van der Waals surface area (Å²) in [5, 5.41) is 8.31. The zero-order valence-electron chi connectivity index (χ0n) is 11.2. The van der Waals surface area contributed by atoms with E-state index in [1.54, 1.807) is 7.05 Å². The van der Waals surface area contributed by atoms with Crippen LogP contribution < -0.4 is 0 Å². The maximum atomic E-state index is 12.7. The van der Waals surface area contributed by atoms with Gasteiger partial charge in [0.2, 0.25) is 0 Å². The molecule has 1 fully saturated rings. The Hall–Kier alpha value is -1.57. The first-order chi connectivity index (χ1) is 9.82. The Kier molecular flexibility index (Phi) is 3.43. The van der Waals surface area contributed by atoms with Gasteiger partial charge in [0.1, 0.15) is 12.2 Å². The van der Waals surface area contributed by atoms with Crippen LogP contribution in [0, 0.1) is 5.92 Å². The second-order valence-electron chi connectivity index (χ2n) is 5.27. The minimum atomic E-state index is -4.37. The highest BCUT2D eigenvalue weighted by molar-refractivity contribution is 6.32. The van der Waals surface area contributed by atoms with Gasteiger partial charge in [0.15, 0.2) is 11.6 Å². The van der Waals surface area contributed by atoms with Gasteiger partial charge in [-0.25, -0.2) is 9.67 Å². The fraction of sp³-hybridized carbons (Fsp3) is 0.583. The average Bonchev–Trinajstić information content (AvgIpc) is 2.97. The van der Waals surface area contributed by atoms with Crippen LogP contribution in [0.25, 0.3) is 11.5 Å². The normalized spacial score (nSPS) is 15.7. The summed E-state index contributed by atoms with van der Waals surface area (Å²) in [6, 6.07) is 0. The monoisotopic (exact) mass is 319 g/mol. The predicted molar refractivity (Wildman–Crippen MR) is 69.7 cm³/mol. The number of nitrogens with zero attached hydrogens (tertiary/aromatic N) is 5. The van der Waals surface area contributed by atoms with E-state index in [0.29, 0.717) is 18.2 Å². The Morgan fingerprint density at radius 1 is 1.33 bits per heavy atom. The van der Waals surface area contributed by atoms with E-state index in [2.05, 4.69) is 15.2 Å². The fourth-order valence-electron chi connectivity index (χ4n) is 2.12. The molecule has 3 rings (SSSR count). The Morgan fingerprint density at radius 3 is 2.57 bits per heavy atom. The predicted octanol–water partition coefficient (Wildman–Crippen LogP) is 2.85. The number of aromatic nitrogens is 5. The smallest absolute Gasteiger partial charge is 0.274 e. The van der Waals surface area contributed by atoms with Gasteiger partial charge in [-0.3, -0.25) is 4.68 Å². The second kappa shape index (κ2) is 5.01. The summed E-state index contributed by atoms with van der Waals surface area (Å²) in [4.78, 5) is 4.21. The van der Waals surface area contributed by atoms with Crippen molar-refractivity contribution in [1.29, 1.82) is 0 Å². The maximum Gasteiger partial charge on any atom is 0.408 e. The Labute approximate surface area is 123 Å². The molecule has 0 aliphatic heterocycles. The van der Waals surface area contributed by atoms with E-state index in [1.165, 1.54) is 10.9 Å². The van der Waals surface area contributed by atoms with Gasteiger partial charge in [-0.15, -0.1) is 0 Å². The molecule has 0 radical (unpaired) electrons. The average molecular weight is 320 g/mol. The van der Waals surface area contributed by atoms with E-state index >= 15 is 0 Å². The summed E-state index contributed by atoms with van der Waals surface area (Å²) < 4.78 is 40.3. The molecule has 1 saturated carbocycles. The summed E-state index contributed by atoms with van der Waals surface area (Å²) in [6.45, 7) is -1.20. The van der Waals surface area contributed by atoms with E-state index in [9.17, 15) is 13.2 Å². The highest BCUT2D eigenvalue weighted by atomic mass is 35.5. The molecule has 0 bridgehead atoms. The van der Waals surface area contributed by atoms with E-state index in [1.807, 2.05) is 0 Å². The summed E-state index contributed by atoms with van der Waals surface area (Å²) in [5.74, 6) is 0.964. The van der Waals surface area contributed by atoms with Gasteiger partial charge in [0.05, 0.1) is 5.02 Å². The van der Waals surface area contributed by atoms with Gasteiger partial charge in [-0.05, 0) is 18.8 Å².